The molecule has 0 aliphatic rings. The Kier molecular flexibility index (Phi) is 6.80. The monoisotopic (exact) mass is 385 g/mol. The lowest BCUT2D eigenvalue weighted by Crippen LogP contribution is -2.14. The van der Waals surface area contributed by atoms with Gasteiger partial charge in [0.1, 0.15) is 5.82 Å². The maximum absolute atomic E-state index is 9.07. The molecule has 0 saturated heterocycles. The van der Waals surface area contributed by atoms with Crippen LogP contribution in [0.25, 0.3) is 16.9 Å². The molecule has 0 radical (unpaired) electrons. The summed E-state index contributed by atoms with van der Waals surface area (Å²) in [5.41, 5.74) is 4.87. The van der Waals surface area contributed by atoms with Crippen molar-refractivity contribution in [3.8, 4) is 23.0 Å². The van der Waals surface area contributed by atoms with Gasteiger partial charge in [-0.2, -0.15) is 5.26 Å². The molecule has 0 aliphatic heterocycles. The van der Waals surface area contributed by atoms with Crippen molar-refractivity contribution in [2.75, 3.05) is 11.9 Å². The summed E-state index contributed by atoms with van der Waals surface area (Å²) in [5, 5.41) is 24.6. The maximum atomic E-state index is 9.07. The predicted octanol–water partition coefficient (Wildman–Crippen LogP) is 5.59. The molecule has 1 heterocycles. The lowest BCUT2D eigenvalue weighted by molar-refractivity contribution is 0.505. The summed E-state index contributed by atoms with van der Waals surface area (Å²) in [6, 6.07) is 20.1. The number of aromatic nitrogens is 2. The number of nitriles is 1. The van der Waals surface area contributed by atoms with E-state index in [0.29, 0.717) is 11.5 Å². The van der Waals surface area contributed by atoms with E-state index in [1.807, 2.05) is 28.9 Å². The Morgan fingerprint density at radius 2 is 1.90 bits per heavy atom. The molecular weight excluding hydrogens is 358 g/mol. The normalized spacial score (nSPS) is 11.6. The van der Waals surface area contributed by atoms with Crippen molar-refractivity contribution in [1.29, 1.82) is 10.7 Å². The fourth-order valence-corrected chi connectivity index (χ4v) is 3.29. The molecule has 0 saturated carbocycles. The second-order valence-corrected chi connectivity index (χ2v) is 7.29. The van der Waals surface area contributed by atoms with Gasteiger partial charge in [0.15, 0.2) is 0 Å². The summed E-state index contributed by atoms with van der Waals surface area (Å²) >= 11 is 0. The number of hydrogen-bond donors (Lipinski definition) is 2. The molecule has 3 aromatic rings. The quantitative estimate of drug-likeness (QED) is 0.472. The molecule has 5 nitrogen and oxygen atoms in total. The summed E-state index contributed by atoms with van der Waals surface area (Å²) < 4.78 is 1.92. The highest BCUT2D eigenvalue weighted by atomic mass is 15.3. The van der Waals surface area contributed by atoms with Crippen molar-refractivity contribution < 1.29 is 0 Å². The minimum Gasteiger partial charge on any atom is -0.368 e. The zero-order chi connectivity index (χ0) is 20.6. The fourth-order valence-electron chi connectivity index (χ4n) is 3.29. The summed E-state index contributed by atoms with van der Waals surface area (Å²) in [5.74, 6) is 1.35. The molecule has 1 atom stereocenters. The molecule has 1 unspecified atom stereocenters. The van der Waals surface area contributed by atoms with Gasteiger partial charge in [0.25, 0.3) is 0 Å². The molecule has 0 bridgehead atoms. The third kappa shape index (κ3) is 5.11. The highest BCUT2D eigenvalue weighted by Crippen LogP contribution is 2.27. The number of benzene rings is 2. The number of aryl methyl sites for hydroxylation is 1. The first kappa shape index (κ1) is 20.3. The number of anilines is 1. The van der Waals surface area contributed by atoms with Gasteiger partial charge in [-0.3, -0.25) is 0 Å². The first-order valence-corrected chi connectivity index (χ1v) is 10.0. The number of nitrogens with zero attached hydrogens (tertiary/aromatic N) is 3. The summed E-state index contributed by atoms with van der Waals surface area (Å²) in [6.07, 6.45) is 4.38. The third-order valence-electron chi connectivity index (χ3n) is 5.17. The minimum absolute atomic E-state index is 0.513. The van der Waals surface area contributed by atoms with Crippen LogP contribution >= 0.6 is 0 Å². The molecule has 0 spiro atoms. The molecule has 1 aromatic heterocycles. The Labute approximate surface area is 172 Å². The van der Waals surface area contributed by atoms with E-state index in [1.165, 1.54) is 11.8 Å². The maximum Gasteiger partial charge on any atom is 0.149 e. The molecule has 5 heteroatoms. The summed E-state index contributed by atoms with van der Waals surface area (Å²) in [6.45, 7) is 5.10. The number of nitrogens with one attached hydrogen (secondary N) is 2. The van der Waals surface area contributed by atoms with Gasteiger partial charge in [0.05, 0.1) is 23.0 Å². The topological polar surface area (TPSA) is 77.5 Å². The van der Waals surface area contributed by atoms with E-state index in [9.17, 15) is 0 Å². The van der Waals surface area contributed by atoms with Crippen molar-refractivity contribution >= 4 is 12.0 Å². The fraction of sp³-hybridized carbons (Fsp3) is 0.292. The van der Waals surface area contributed by atoms with Crippen LogP contribution in [0.4, 0.5) is 5.82 Å². The first-order chi connectivity index (χ1) is 14.1. The average Bonchev–Trinajstić information content (AvgIpc) is 3.18. The van der Waals surface area contributed by atoms with Gasteiger partial charge >= 0.3 is 0 Å². The molecule has 0 fully saturated rings. The van der Waals surface area contributed by atoms with E-state index in [-0.39, 0.29) is 0 Å². The molecule has 0 amide bonds. The minimum atomic E-state index is 0.513. The molecule has 2 N–H and O–H groups in total. The molecule has 3 rings (SSSR count). The highest BCUT2D eigenvalue weighted by molar-refractivity contribution is 5.66. The summed E-state index contributed by atoms with van der Waals surface area (Å²) in [4.78, 5) is 0. The largest absolute Gasteiger partial charge is 0.368 e. The number of hydrogen-bond acceptors (Lipinski definition) is 4. The van der Waals surface area contributed by atoms with Gasteiger partial charge in [-0.05, 0) is 56.2 Å². The van der Waals surface area contributed by atoms with Crippen molar-refractivity contribution in [3.05, 3.63) is 65.7 Å². The van der Waals surface area contributed by atoms with E-state index in [4.69, 9.17) is 15.8 Å². The van der Waals surface area contributed by atoms with Gasteiger partial charge in [0, 0.05) is 18.2 Å². The van der Waals surface area contributed by atoms with Gasteiger partial charge in [-0.1, -0.05) is 43.2 Å². The zero-order valence-electron chi connectivity index (χ0n) is 17.0. The van der Waals surface area contributed by atoms with Crippen molar-refractivity contribution in [3.63, 3.8) is 0 Å². The van der Waals surface area contributed by atoms with Crippen LogP contribution in [0.5, 0.6) is 0 Å². The lowest BCUT2D eigenvalue weighted by atomic mass is 10.0. The molecule has 0 aliphatic carbocycles. The van der Waals surface area contributed by atoms with Crippen molar-refractivity contribution in [2.24, 2.45) is 5.92 Å². The second kappa shape index (κ2) is 9.70. The van der Waals surface area contributed by atoms with Gasteiger partial charge in [-0.25, -0.2) is 4.68 Å². The van der Waals surface area contributed by atoms with Crippen LogP contribution in [0.1, 0.15) is 37.3 Å². The molecule has 2 aromatic carbocycles. The second-order valence-electron chi connectivity index (χ2n) is 7.29. The zero-order valence-corrected chi connectivity index (χ0v) is 17.0. The lowest BCUT2D eigenvalue weighted by Gasteiger charge is -2.13. The standard InChI is InChI=1S/C24H27N5/c1-3-19(5-4-14-25)17-27-24-15-23(21-10-6-18(2)7-11-21)29(28-24)22-12-8-20(16-26)9-13-22/h6-15,19,25H,3-5,17H2,1-2H3,(H,27,28). The highest BCUT2D eigenvalue weighted by Gasteiger charge is 2.13. The van der Waals surface area contributed by atoms with Crippen LogP contribution < -0.4 is 5.32 Å². The van der Waals surface area contributed by atoms with Gasteiger partial charge < -0.3 is 10.7 Å². The van der Waals surface area contributed by atoms with Gasteiger partial charge in [-0.15, -0.1) is 5.10 Å². The molecule has 29 heavy (non-hydrogen) atoms. The predicted molar refractivity (Wildman–Crippen MR) is 119 cm³/mol. The van der Waals surface area contributed by atoms with Crippen LogP contribution in [-0.2, 0) is 0 Å². The Hall–Kier alpha value is -3.39. The van der Waals surface area contributed by atoms with Gasteiger partial charge in [0.2, 0.25) is 0 Å². The average molecular weight is 386 g/mol. The van der Waals surface area contributed by atoms with Crippen LogP contribution in [0.2, 0.25) is 0 Å². The number of rotatable bonds is 9. The Bertz CT molecular complexity index is 978. The first-order valence-electron chi connectivity index (χ1n) is 10.0. The Morgan fingerprint density at radius 3 is 2.52 bits per heavy atom. The van der Waals surface area contributed by atoms with Crippen LogP contribution in [-0.4, -0.2) is 22.5 Å². The Morgan fingerprint density at radius 1 is 1.17 bits per heavy atom. The smallest absolute Gasteiger partial charge is 0.149 e. The Balaban J connectivity index is 1.91. The molecular formula is C24H27N5. The summed E-state index contributed by atoms with van der Waals surface area (Å²) in [7, 11) is 0. The third-order valence-corrected chi connectivity index (χ3v) is 5.17. The van der Waals surface area contributed by atoms with E-state index in [0.717, 1.165) is 48.6 Å². The van der Waals surface area contributed by atoms with Crippen molar-refractivity contribution in [1.82, 2.24) is 9.78 Å². The van der Waals surface area contributed by atoms with E-state index >= 15 is 0 Å². The van der Waals surface area contributed by atoms with Crippen LogP contribution in [0.3, 0.4) is 0 Å². The van der Waals surface area contributed by atoms with Crippen LogP contribution in [0, 0.1) is 29.6 Å². The molecule has 148 valence electrons. The van der Waals surface area contributed by atoms with Crippen molar-refractivity contribution in [2.45, 2.75) is 33.1 Å². The van der Waals surface area contributed by atoms with E-state index < -0.39 is 0 Å². The SMILES string of the molecule is CCC(CCC=N)CNc1cc(-c2ccc(C)cc2)n(-c2ccc(C#N)cc2)n1. The van der Waals surface area contributed by atoms with E-state index in [1.54, 1.807) is 0 Å². The van der Waals surface area contributed by atoms with E-state index in [2.05, 4.69) is 55.6 Å². The van der Waals surface area contributed by atoms with Crippen LogP contribution in [0.15, 0.2) is 54.6 Å².